The number of hydrogen-bond acceptors (Lipinski definition) is 6. The van der Waals surface area contributed by atoms with Crippen molar-refractivity contribution in [2.24, 2.45) is 0 Å². The maximum Gasteiger partial charge on any atom is 0.306 e. The Morgan fingerprint density at radius 2 is 0.513 bits per heavy atom. The summed E-state index contributed by atoms with van der Waals surface area (Å²) in [7, 11) is 0. The van der Waals surface area contributed by atoms with Crippen LogP contribution < -0.4 is 0 Å². The highest BCUT2D eigenvalue weighted by Gasteiger charge is 2.19. The summed E-state index contributed by atoms with van der Waals surface area (Å²) >= 11 is 0. The highest BCUT2D eigenvalue weighted by atomic mass is 16.6. The van der Waals surface area contributed by atoms with Crippen LogP contribution in [-0.4, -0.2) is 37.2 Å². The molecule has 0 aliphatic heterocycles. The standard InChI is InChI=1S/C70H116O6/c1-4-7-10-13-16-19-22-25-28-29-30-31-32-33-34-35-36-37-38-39-40-41-43-45-48-51-54-57-60-63-69(72)75-66-67(65-74-68(71)62-59-56-53-50-47-44-27-24-21-18-15-12-9-6-3)76-70(73)64-61-58-55-52-49-46-42-26-23-20-17-14-11-8-5-2/h7-8,10-11,16-17,19-20,24-28,30-31,33-34,42,49,52,67H,4-6,9,12-15,18,21-23,29,32,35-41,43-48,50-51,53-66H2,1-3H3/b10-7-,11-8-,19-16-,20-17-,27-24-,28-25-,31-30-,34-33-,42-26-,52-49-. The first-order valence-electron chi connectivity index (χ1n) is 31.5. The van der Waals surface area contributed by atoms with Crippen molar-refractivity contribution in [3.05, 3.63) is 122 Å². The first-order valence-corrected chi connectivity index (χ1v) is 31.5. The Balaban J connectivity index is 4.30. The lowest BCUT2D eigenvalue weighted by Gasteiger charge is -2.18. The summed E-state index contributed by atoms with van der Waals surface area (Å²) in [6.45, 7) is 6.37. The Morgan fingerprint density at radius 3 is 0.842 bits per heavy atom. The van der Waals surface area contributed by atoms with Gasteiger partial charge in [-0.2, -0.15) is 0 Å². The zero-order chi connectivity index (χ0) is 55.0. The molecule has 0 amide bonds. The molecule has 0 rings (SSSR count). The van der Waals surface area contributed by atoms with E-state index in [1.54, 1.807) is 0 Å². The van der Waals surface area contributed by atoms with Gasteiger partial charge in [-0.15, -0.1) is 0 Å². The molecule has 0 saturated carbocycles. The molecule has 76 heavy (non-hydrogen) atoms. The third-order valence-corrected chi connectivity index (χ3v) is 13.2. The predicted molar refractivity (Wildman–Crippen MR) is 330 cm³/mol. The van der Waals surface area contributed by atoms with Crippen LogP contribution in [0, 0.1) is 0 Å². The summed E-state index contributed by atoms with van der Waals surface area (Å²) in [6, 6.07) is 0. The average Bonchev–Trinajstić information content (AvgIpc) is 3.42. The number of unbranched alkanes of at least 4 members (excludes halogenated alkanes) is 25. The molecule has 1 unspecified atom stereocenters. The Bertz CT molecular complexity index is 1590. The van der Waals surface area contributed by atoms with E-state index >= 15 is 0 Å². The third-order valence-electron chi connectivity index (χ3n) is 13.2. The van der Waals surface area contributed by atoms with Crippen LogP contribution in [0.3, 0.4) is 0 Å². The first-order chi connectivity index (χ1) is 37.5. The van der Waals surface area contributed by atoms with Crippen molar-refractivity contribution in [3.8, 4) is 0 Å². The molecule has 0 bridgehead atoms. The fourth-order valence-electron chi connectivity index (χ4n) is 8.51. The van der Waals surface area contributed by atoms with E-state index in [1.807, 2.05) is 0 Å². The number of hydrogen-bond donors (Lipinski definition) is 0. The average molecular weight is 1050 g/mol. The smallest absolute Gasteiger partial charge is 0.306 e. The molecule has 0 N–H and O–H groups in total. The monoisotopic (exact) mass is 1050 g/mol. The van der Waals surface area contributed by atoms with Gasteiger partial charge < -0.3 is 14.2 Å². The van der Waals surface area contributed by atoms with Gasteiger partial charge in [0.05, 0.1) is 0 Å². The van der Waals surface area contributed by atoms with Crippen molar-refractivity contribution >= 4 is 17.9 Å². The predicted octanol–water partition coefficient (Wildman–Crippen LogP) is 21.6. The molecule has 0 aliphatic rings. The van der Waals surface area contributed by atoms with Crippen LogP contribution in [0.1, 0.15) is 284 Å². The van der Waals surface area contributed by atoms with Gasteiger partial charge in [-0.25, -0.2) is 0 Å². The minimum atomic E-state index is -0.806. The summed E-state index contributed by atoms with van der Waals surface area (Å²) in [4.78, 5) is 38.2. The second-order valence-corrected chi connectivity index (χ2v) is 20.5. The van der Waals surface area contributed by atoms with Gasteiger partial charge in [-0.1, -0.05) is 258 Å². The lowest BCUT2D eigenvalue weighted by Crippen LogP contribution is -2.30. The molecule has 0 saturated heterocycles. The van der Waals surface area contributed by atoms with E-state index in [1.165, 1.54) is 116 Å². The zero-order valence-electron chi connectivity index (χ0n) is 49.5. The van der Waals surface area contributed by atoms with Gasteiger partial charge in [0, 0.05) is 19.3 Å². The van der Waals surface area contributed by atoms with E-state index in [9.17, 15) is 14.4 Å². The topological polar surface area (TPSA) is 78.9 Å². The van der Waals surface area contributed by atoms with E-state index in [2.05, 4.69) is 142 Å². The van der Waals surface area contributed by atoms with Crippen LogP contribution in [0.5, 0.6) is 0 Å². The summed E-state index contributed by atoms with van der Waals surface area (Å²) in [5.74, 6) is -0.947. The maximum absolute atomic E-state index is 12.9. The van der Waals surface area contributed by atoms with Crippen LogP contribution in [0.4, 0.5) is 0 Å². The van der Waals surface area contributed by atoms with Crippen LogP contribution >= 0.6 is 0 Å². The van der Waals surface area contributed by atoms with Crippen LogP contribution in [-0.2, 0) is 28.6 Å². The Hall–Kier alpha value is -4.19. The van der Waals surface area contributed by atoms with Crippen LogP contribution in [0.25, 0.3) is 0 Å². The van der Waals surface area contributed by atoms with Gasteiger partial charge in [-0.3, -0.25) is 14.4 Å². The van der Waals surface area contributed by atoms with Gasteiger partial charge >= 0.3 is 17.9 Å². The van der Waals surface area contributed by atoms with Crippen molar-refractivity contribution in [2.45, 2.75) is 290 Å². The molecule has 0 fully saturated rings. The SMILES string of the molecule is CC/C=C\C/C=C\C/C=C\C/C=C\C/C=C\CCCCCCCCCCCCCCCC(=O)OCC(COC(=O)CCCCCCC/C=C\CCCCCCC)OC(=O)CCCC/C=C\C/C=C\C/C=C\C/C=C\CC. The van der Waals surface area contributed by atoms with Gasteiger partial charge in [0.2, 0.25) is 0 Å². The normalized spacial score (nSPS) is 12.9. The Morgan fingerprint density at radius 1 is 0.276 bits per heavy atom. The van der Waals surface area contributed by atoms with Crippen molar-refractivity contribution in [3.63, 3.8) is 0 Å². The van der Waals surface area contributed by atoms with Gasteiger partial charge in [0.25, 0.3) is 0 Å². The molecule has 0 aromatic heterocycles. The van der Waals surface area contributed by atoms with Gasteiger partial charge in [0.1, 0.15) is 13.2 Å². The van der Waals surface area contributed by atoms with Crippen molar-refractivity contribution in [2.75, 3.05) is 13.2 Å². The lowest BCUT2D eigenvalue weighted by atomic mass is 10.0. The summed E-state index contributed by atoms with van der Waals surface area (Å²) in [5, 5.41) is 0. The first kappa shape index (κ1) is 71.8. The molecule has 432 valence electrons. The number of carbonyl (C=O) groups excluding carboxylic acids is 3. The number of carbonyl (C=O) groups is 3. The largest absolute Gasteiger partial charge is 0.462 e. The lowest BCUT2D eigenvalue weighted by molar-refractivity contribution is -0.167. The molecule has 0 aromatic carbocycles. The number of esters is 3. The van der Waals surface area contributed by atoms with E-state index in [4.69, 9.17) is 14.2 Å². The zero-order valence-corrected chi connectivity index (χ0v) is 49.5. The van der Waals surface area contributed by atoms with E-state index in [-0.39, 0.29) is 37.5 Å². The molecule has 0 radical (unpaired) electrons. The van der Waals surface area contributed by atoms with E-state index < -0.39 is 6.10 Å². The van der Waals surface area contributed by atoms with Crippen molar-refractivity contribution < 1.29 is 28.6 Å². The summed E-state index contributed by atoms with van der Waals surface area (Å²) in [6.07, 6.45) is 87.8. The van der Waals surface area contributed by atoms with Crippen LogP contribution in [0.2, 0.25) is 0 Å². The van der Waals surface area contributed by atoms with Crippen molar-refractivity contribution in [1.29, 1.82) is 0 Å². The molecule has 6 nitrogen and oxygen atoms in total. The number of ether oxygens (including phenoxy) is 3. The third kappa shape index (κ3) is 60.7. The highest BCUT2D eigenvalue weighted by Crippen LogP contribution is 2.15. The maximum atomic E-state index is 12.9. The Kier molecular flexibility index (Phi) is 59.9. The molecular formula is C70H116O6. The molecule has 0 aromatic rings. The Labute approximate surface area is 469 Å². The molecule has 1 atom stereocenters. The molecule has 6 heteroatoms. The van der Waals surface area contributed by atoms with E-state index in [0.717, 1.165) is 122 Å². The fraction of sp³-hybridized carbons (Fsp3) is 0.671. The fourth-order valence-corrected chi connectivity index (χ4v) is 8.51. The minimum Gasteiger partial charge on any atom is -0.462 e. The number of rotatable bonds is 56. The second kappa shape index (κ2) is 63.3. The summed E-state index contributed by atoms with van der Waals surface area (Å²) in [5.41, 5.74) is 0. The van der Waals surface area contributed by atoms with Gasteiger partial charge in [0.15, 0.2) is 6.10 Å². The molecule has 0 aliphatic carbocycles. The van der Waals surface area contributed by atoms with Crippen LogP contribution in [0.15, 0.2) is 122 Å². The second-order valence-electron chi connectivity index (χ2n) is 20.5. The molecule has 0 spiro atoms. The summed E-state index contributed by atoms with van der Waals surface area (Å²) < 4.78 is 16.9. The quantitative estimate of drug-likeness (QED) is 0.0261. The highest BCUT2D eigenvalue weighted by molar-refractivity contribution is 5.71. The van der Waals surface area contributed by atoms with Crippen molar-refractivity contribution in [1.82, 2.24) is 0 Å². The minimum absolute atomic E-state index is 0.0990. The number of allylic oxidation sites excluding steroid dienone is 20. The molecule has 0 heterocycles. The van der Waals surface area contributed by atoms with E-state index in [0.29, 0.717) is 19.3 Å². The van der Waals surface area contributed by atoms with Gasteiger partial charge in [-0.05, 0) is 128 Å². The molecular weight excluding hydrogens is 937 g/mol.